The minimum absolute atomic E-state index is 0.964. The monoisotopic (exact) mass is 765 g/mol. The summed E-state index contributed by atoms with van der Waals surface area (Å²) < 4.78 is 6.51. The predicted molar refractivity (Wildman–Crippen MR) is 255 cm³/mol. The van der Waals surface area contributed by atoms with Crippen molar-refractivity contribution >= 4 is 77.2 Å². The Morgan fingerprint density at radius 2 is 0.883 bits per heavy atom. The van der Waals surface area contributed by atoms with Gasteiger partial charge in [0.1, 0.15) is 11.3 Å². The number of anilines is 3. The maximum Gasteiger partial charge on any atom is 0.142 e. The quantitative estimate of drug-likeness (QED) is 0.157. The molecule has 1 aromatic heterocycles. The number of allylic oxidation sites excluding steroid dienone is 1. The van der Waals surface area contributed by atoms with Crippen molar-refractivity contribution in [3.8, 4) is 33.4 Å². The van der Waals surface area contributed by atoms with Crippen molar-refractivity contribution in [3.63, 3.8) is 0 Å². The van der Waals surface area contributed by atoms with Crippen molar-refractivity contribution < 1.29 is 4.42 Å². The molecule has 12 rings (SSSR count). The van der Waals surface area contributed by atoms with E-state index < -0.39 is 0 Å². The van der Waals surface area contributed by atoms with Gasteiger partial charge in [0.05, 0.1) is 0 Å². The maximum absolute atomic E-state index is 6.51. The summed E-state index contributed by atoms with van der Waals surface area (Å²) in [5.41, 5.74) is 12.6. The van der Waals surface area contributed by atoms with Crippen LogP contribution in [0, 0.1) is 0 Å². The molecule has 60 heavy (non-hydrogen) atoms. The molecule has 0 saturated heterocycles. The molecule has 2 nitrogen and oxygen atoms in total. The van der Waals surface area contributed by atoms with Crippen molar-refractivity contribution in [1.82, 2.24) is 0 Å². The summed E-state index contributed by atoms with van der Waals surface area (Å²) in [6.45, 7) is 0. The second-order valence-electron chi connectivity index (χ2n) is 15.9. The summed E-state index contributed by atoms with van der Waals surface area (Å²) in [5.74, 6) is 0.991. The standard InChI is InChI=1S/C58H39NO/c1-3-17-46-41(13-1)36-55(51-21-7-5-19-49(46)51)39-29-33-44(34-30-39)59(43-31-27-38(28-32-43)48-24-12-25-54-53-23-9-10-26-57(53)60-58(48)54)45-16-11-15-40(35-45)56-37-42-14-2-4-18-47(42)50-20-6-8-22-52(50)56/h1-8,10-22,24-37H,9,23H2. The number of aryl methyl sites for hydroxylation is 1. The SMILES string of the molecule is C1=Cc2oc3c(-c4ccc(N(c5ccc(-c6cc7ccccc7c7ccccc67)cc5)c5cccc(-c6cc7ccccc7c7ccccc67)c5)cc4)cccc3c2CC1. The third-order valence-electron chi connectivity index (χ3n) is 12.5. The summed E-state index contributed by atoms with van der Waals surface area (Å²) >= 11 is 0. The number of fused-ring (bicyclic) bond motifs is 9. The Balaban J connectivity index is 1.000. The number of hydrogen-bond donors (Lipinski definition) is 0. The van der Waals surface area contributed by atoms with Crippen molar-refractivity contribution in [2.45, 2.75) is 12.8 Å². The third-order valence-corrected chi connectivity index (χ3v) is 12.5. The lowest BCUT2D eigenvalue weighted by atomic mass is 9.92. The van der Waals surface area contributed by atoms with Crippen LogP contribution in [-0.2, 0) is 6.42 Å². The molecule has 0 fully saturated rings. The Hall–Kier alpha value is -7.68. The highest BCUT2D eigenvalue weighted by atomic mass is 16.3. The molecule has 282 valence electrons. The first kappa shape index (κ1) is 34.4. The van der Waals surface area contributed by atoms with Crippen molar-refractivity contribution in [2.24, 2.45) is 0 Å². The lowest BCUT2D eigenvalue weighted by molar-refractivity contribution is 0.596. The molecule has 0 N–H and O–H groups in total. The molecule has 1 aliphatic carbocycles. The Morgan fingerprint density at radius 1 is 0.367 bits per heavy atom. The van der Waals surface area contributed by atoms with Crippen LogP contribution >= 0.6 is 0 Å². The molecule has 0 aliphatic heterocycles. The van der Waals surface area contributed by atoms with Gasteiger partial charge < -0.3 is 9.32 Å². The van der Waals surface area contributed by atoms with Gasteiger partial charge in [-0.1, -0.05) is 158 Å². The minimum Gasteiger partial charge on any atom is -0.456 e. The molecule has 0 radical (unpaired) electrons. The summed E-state index contributed by atoms with van der Waals surface area (Å²) in [4.78, 5) is 2.38. The van der Waals surface area contributed by atoms with E-state index in [0.717, 1.165) is 52.4 Å². The molecule has 0 saturated carbocycles. The van der Waals surface area contributed by atoms with Gasteiger partial charge in [0.25, 0.3) is 0 Å². The summed E-state index contributed by atoms with van der Waals surface area (Å²) in [6, 6.07) is 73.3. The molecule has 0 amide bonds. The molecule has 0 spiro atoms. The number of hydrogen-bond acceptors (Lipinski definition) is 2. The summed E-state index contributed by atoms with van der Waals surface area (Å²) in [6.07, 6.45) is 6.41. The average Bonchev–Trinajstić information content (AvgIpc) is 3.71. The van der Waals surface area contributed by atoms with Gasteiger partial charge >= 0.3 is 0 Å². The first-order valence-corrected chi connectivity index (χ1v) is 20.9. The fourth-order valence-electron chi connectivity index (χ4n) is 9.65. The first-order chi connectivity index (χ1) is 29.7. The van der Waals surface area contributed by atoms with Crippen LogP contribution in [0.1, 0.15) is 17.7 Å². The second-order valence-corrected chi connectivity index (χ2v) is 15.9. The van der Waals surface area contributed by atoms with Crippen LogP contribution in [0.4, 0.5) is 17.1 Å². The molecule has 10 aromatic carbocycles. The predicted octanol–water partition coefficient (Wildman–Crippen LogP) is 16.5. The van der Waals surface area contributed by atoms with E-state index in [9.17, 15) is 0 Å². The maximum atomic E-state index is 6.51. The van der Waals surface area contributed by atoms with Crippen LogP contribution < -0.4 is 4.90 Å². The van der Waals surface area contributed by atoms with Gasteiger partial charge in [0.2, 0.25) is 0 Å². The number of nitrogens with zero attached hydrogens (tertiary/aromatic N) is 1. The smallest absolute Gasteiger partial charge is 0.142 e. The lowest BCUT2D eigenvalue weighted by Gasteiger charge is -2.27. The van der Waals surface area contributed by atoms with E-state index in [-0.39, 0.29) is 0 Å². The Bertz CT molecular complexity index is 3480. The van der Waals surface area contributed by atoms with Crippen LogP contribution in [-0.4, -0.2) is 0 Å². The van der Waals surface area contributed by atoms with Crippen molar-refractivity contribution in [2.75, 3.05) is 4.90 Å². The average molecular weight is 766 g/mol. The fraction of sp³-hybridized carbons (Fsp3) is 0.0345. The lowest BCUT2D eigenvalue weighted by Crippen LogP contribution is -2.10. The summed E-state index contributed by atoms with van der Waals surface area (Å²) in [5, 5.41) is 11.3. The normalized spacial score (nSPS) is 12.5. The van der Waals surface area contributed by atoms with E-state index in [1.807, 2.05) is 0 Å². The van der Waals surface area contributed by atoms with E-state index >= 15 is 0 Å². The van der Waals surface area contributed by atoms with Gasteiger partial charge in [0.15, 0.2) is 0 Å². The molecular weight excluding hydrogens is 727 g/mol. The first-order valence-electron chi connectivity index (χ1n) is 20.9. The van der Waals surface area contributed by atoms with Crippen molar-refractivity contribution in [3.05, 3.63) is 218 Å². The number of para-hydroxylation sites is 1. The molecule has 1 aliphatic rings. The zero-order valence-corrected chi connectivity index (χ0v) is 33.0. The van der Waals surface area contributed by atoms with E-state index in [0.29, 0.717) is 0 Å². The number of benzene rings is 10. The highest BCUT2D eigenvalue weighted by Crippen LogP contribution is 2.43. The van der Waals surface area contributed by atoms with Crippen molar-refractivity contribution in [1.29, 1.82) is 0 Å². The molecule has 2 heteroatoms. The molecule has 0 atom stereocenters. The Labute approximate surface area is 348 Å². The zero-order valence-electron chi connectivity index (χ0n) is 33.0. The Morgan fingerprint density at radius 3 is 1.52 bits per heavy atom. The molecule has 1 heterocycles. The van der Waals surface area contributed by atoms with E-state index in [1.165, 1.54) is 76.3 Å². The van der Waals surface area contributed by atoms with Crippen LogP contribution in [0.3, 0.4) is 0 Å². The molecule has 0 unspecified atom stereocenters. The summed E-state index contributed by atoms with van der Waals surface area (Å²) in [7, 11) is 0. The number of rotatable bonds is 6. The minimum atomic E-state index is 0.964. The molecule has 11 aromatic rings. The van der Waals surface area contributed by atoms with Gasteiger partial charge in [-0.2, -0.15) is 0 Å². The van der Waals surface area contributed by atoms with Gasteiger partial charge in [0, 0.05) is 33.6 Å². The number of furan rings is 1. The van der Waals surface area contributed by atoms with E-state index in [1.54, 1.807) is 0 Å². The Kier molecular flexibility index (Phi) is 8.02. The third kappa shape index (κ3) is 5.64. The topological polar surface area (TPSA) is 16.4 Å². The van der Waals surface area contributed by atoms with E-state index in [4.69, 9.17) is 4.42 Å². The van der Waals surface area contributed by atoms with Crippen LogP contribution in [0.5, 0.6) is 0 Å². The van der Waals surface area contributed by atoms with E-state index in [2.05, 4.69) is 217 Å². The highest BCUT2D eigenvalue weighted by molar-refractivity contribution is 6.15. The van der Waals surface area contributed by atoms with Gasteiger partial charge in [-0.05, 0) is 138 Å². The highest BCUT2D eigenvalue weighted by Gasteiger charge is 2.20. The zero-order chi connectivity index (χ0) is 39.6. The molecule has 0 bridgehead atoms. The van der Waals surface area contributed by atoms with Gasteiger partial charge in [-0.15, -0.1) is 0 Å². The van der Waals surface area contributed by atoms with Gasteiger partial charge in [-0.3, -0.25) is 0 Å². The largest absolute Gasteiger partial charge is 0.456 e. The molecular formula is C58H39NO. The van der Waals surface area contributed by atoms with Gasteiger partial charge in [-0.25, -0.2) is 0 Å². The van der Waals surface area contributed by atoms with Crippen LogP contribution in [0.2, 0.25) is 0 Å². The van der Waals surface area contributed by atoms with Crippen LogP contribution in [0.15, 0.2) is 211 Å². The second kappa shape index (κ2) is 14.0. The van der Waals surface area contributed by atoms with Crippen LogP contribution in [0.25, 0.3) is 93.5 Å². The fourth-order valence-corrected chi connectivity index (χ4v) is 9.65.